The first-order chi connectivity index (χ1) is 17.0. The molecule has 2 saturated carbocycles. The van der Waals surface area contributed by atoms with Gasteiger partial charge in [0, 0.05) is 29.8 Å². The Labute approximate surface area is 205 Å². The highest BCUT2D eigenvalue weighted by Gasteiger charge is 2.65. The Morgan fingerprint density at radius 3 is 2.86 bits per heavy atom. The molecule has 0 saturated heterocycles. The van der Waals surface area contributed by atoms with Crippen LogP contribution in [0, 0.1) is 5.41 Å². The first-order valence-electron chi connectivity index (χ1n) is 13.0. The van der Waals surface area contributed by atoms with Crippen LogP contribution < -0.4 is 21.1 Å². The molecule has 6 rings (SSSR count). The maximum Gasteiger partial charge on any atom is 0.170 e. The SMILES string of the molecule is CCCCC(=O)c1cnn2c(Nc3ccc(OCC)cc3)c3c(nc12)N[C@@H]1CC[C@@H](N)CC12CC32. The van der Waals surface area contributed by atoms with Gasteiger partial charge in [0.25, 0.3) is 0 Å². The Bertz CT molecular complexity index is 1270. The second-order valence-electron chi connectivity index (χ2n) is 10.4. The maximum absolute atomic E-state index is 13.0. The topological polar surface area (TPSA) is 107 Å². The van der Waals surface area contributed by atoms with Crippen LogP contribution in [0.15, 0.2) is 30.5 Å². The van der Waals surface area contributed by atoms with Crippen molar-refractivity contribution >= 4 is 28.8 Å². The number of anilines is 3. The van der Waals surface area contributed by atoms with Crippen molar-refractivity contribution in [1.82, 2.24) is 14.6 Å². The molecule has 2 fully saturated rings. The number of carbonyl (C=O) groups excluding carboxylic acids is 1. The fourth-order valence-electron chi connectivity index (χ4n) is 6.28. The van der Waals surface area contributed by atoms with Crippen LogP contribution in [0.5, 0.6) is 5.75 Å². The molecule has 2 aliphatic carbocycles. The maximum atomic E-state index is 13.0. The number of hydrogen-bond donors (Lipinski definition) is 3. The highest BCUT2D eigenvalue weighted by molar-refractivity contribution is 6.01. The van der Waals surface area contributed by atoms with Gasteiger partial charge in [-0.25, -0.2) is 4.98 Å². The molecule has 35 heavy (non-hydrogen) atoms. The van der Waals surface area contributed by atoms with Gasteiger partial charge >= 0.3 is 0 Å². The number of nitrogens with two attached hydrogens (primary N) is 1. The molecule has 0 radical (unpaired) electrons. The van der Waals surface area contributed by atoms with Gasteiger partial charge in [-0.2, -0.15) is 9.61 Å². The van der Waals surface area contributed by atoms with Crippen molar-refractivity contribution in [2.75, 3.05) is 17.2 Å². The fourth-order valence-corrected chi connectivity index (χ4v) is 6.28. The molecule has 1 aliphatic heterocycles. The summed E-state index contributed by atoms with van der Waals surface area (Å²) in [5, 5.41) is 12.1. The van der Waals surface area contributed by atoms with Crippen LogP contribution in [-0.2, 0) is 0 Å². The second kappa shape index (κ2) is 8.52. The average Bonchev–Trinajstić information content (AvgIpc) is 3.41. The Hall–Kier alpha value is -3.13. The largest absolute Gasteiger partial charge is 0.494 e. The molecule has 1 aromatic carbocycles. The van der Waals surface area contributed by atoms with Crippen molar-refractivity contribution in [3.05, 3.63) is 41.6 Å². The van der Waals surface area contributed by atoms with Crippen LogP contribution in [0.4, 0.5) is 17.3 Å². The number of nitrogens with one attached hydrogen (secondary N) is 2. The van der Waals surface area contributed by atoms with Crippen LogP contribution in [0.3, 0.4) is 0 Å². The summed E-state index contributed by atoms with van der Waals surface area (Å²) in [6, 6.07) is 8.60. The van der Waals surface area contributed by atoms with Gasteiger partial charge in [-0.1, -0.05) is 13.3 Å². The van der Waals surface area contributed by atoms with Crippen LogP contribution >= 0.6 is 0 Å². The Balaban J connectivity index is 1.45. The summed E-state index contributed by atoms with van der Waals surface area (Å²) in [6.07, 6.45) is 8.28. The standard InChI is InChI=1S/C27H34N6O2/c1-3-5-6-21(34)19-15-29-33-25(19)32-24-23(20-14-27(20)13-16(28)7-12-22(27)31-24)26(33)30-17-8-10-18(11-9-17)35-4-2/h8-11,15-16,20,22,30H,3-7,12-14,28H2,1-2H3,(H,31,32)/t16-,20?,22-,27?/m1/s1. The normalized spacial score (nSPS) is 26.3. The van der Waals surface area contributed by atoms with E-state index in [1.807, 2.05) is 35.7 Å². The zero-order chi connectivity index (χ0) is 24.2. The Morgan fingerprint density at radius 2 is 2.09 bits per heavy atom. The molecular formula is C27H34N6O2. The van der Waals surface area contributed by atoms with Crippen molar-refractivity contribution < 1.29 is 9.53 Å². The lowest BCUT2D eigenvalue weighted by Gasteiger charge is -2.40. The smallest absolute Gasteiger partial charge is 0.170 e. The predicted molar refractivity (Wildman–Crippen MR) is 137 cm³/mol. The highest BCUT2D eigenvalue weighted by Crippen LogP contribution is 2.71. The van der Waals surface area contributed by atoms with E-state index < -0.39 is 0 Å². The van der Waals surface area contributed by atoms with Crippen molar-refractivity contribution in [2.45, 2.75) is 76.8 Å². The number of benzene rings is 1. The van der Waals surface area contributed by atoms with Gasteiger partial charge in [0.1, 0.15) is 17.4 Å². The van der Waals surface area contributed by atoms with Gasteiger partial charge in [0.2, 0.25) is 0 Å². The summed E-state index contributed by atoms with van der Waals surface area (Å²) >= 11 is 0. The number of rotatable bonds is 8. The molecule has 184 valence electrons. The molecule has 2 aromatic heterocycles. The second-order valence-corrected chi connectivity index (χ2v) is 10.4. The molecule has 1 spiro atoms. The van der Waals surface area contributed by atoms with Crippen LogP contribution in [0.1, 0.15) is 80.6 Å². The van der Waals surface area contributed by atoms with E-state index in [0.29, 0.717) is 36.2 Å². The first kappa shape index (κ1) is 22.3. The van der Waals surface area contributed by atoms with Gasteiger partial charge in [-0.3, -0.25) is 4.79 Å². The highest BCUT2D eigenvalue weighted by atomic mass is 16.5. The minimum atomic E-state index is 0.0986. The average molecular weight is 475 g/mol. The van der Waals surface area contributed by atoms with Crippen molar-refractivity contribution in [3.63, 3.8) is 0 Å². The van der Waals surface area contributed by atoms with Crippen molar-refractivity contribution in [1.29, 1.82) is 0 Å². The van der Waals surface area contributed by atoms with E-state index in [1.54, 1.807) is 6.20 Å². The van der Waals surface area contributed by atoms with Gasteiger partial charge in [-0.05, 0) is 74.6 Å². The summed E-state index contributed by atoms with van der Waals surface area (Å²) in [4.78, 5) is 18.0. The lowest BCUT2D eigenvalue weighted by molar-refractivity contribution is 0.0981. The lowest BCUT2D eigenvalue weighted by Crippen LogP contribution is -2.44. The van der Waals surface area contributed by atoms with E-state index in [4.69, 9.17) is 15.5 Å². The van der Waals surface area contributed by atoms with Gasteiger partial charge in [0.15, 0.2) is 11.4 Å². The van der Waals surface area contributed by atoms with E-state index in [2.05, 4.69) is 22.7 Å². The number of aromatic nitrogens is 3. The molecule has 4 N–H and O–H groups in total. The minimum Gasteiger partial charge on any atom is -0.494 e. The quantitative estimate of drug-likeness (QED) is 0.393. The zero-order valence-electron chi connectivity index (χ0n) is 20.5. The van der Waals surface area contributed by atoms with Crippen LogP contribution in [-0.4, -0.2) is 39.1 Å². The minimum absolute atomic E-state index is 0.0986. The summed E-state index contributed by atoms with van der Waals surface area (Å²) in [5.74, 6) is 3.09. The third-order valence-electron chi connectivity index (χ3n) is 8.11. The molecule has 4 atom stereocenters. The first-order valence-corrected chi connectivity index (χ1v) is 13.0. The molecule has 8 nitrogen and oxygen atoms in total. The molecule has 3 heterocycles. The van der Waals surface area contributed by atoms with Gasteiger partial charge in [-0.15, -0.1) is 0 Å². The van der Waals surface area contributed by atoms with Crippen molar-refractivity contribution in [3.8, 4) is 5.75 Å². The Morgan fingerprint density at radius 1 is 1.26 bits per heavy atom. The van der Waals surface area contributed by atoms with E-state index in [1.165, 1.54) is 0 Å². The molecule has 0 amide bonds. The Kier molecular flexibility index (Phi) is 5.44. The van der Waals surface area contributed by atoms with Gasteiger partial charge in [0.05, 0.1) is 18.4 Å². The summed E-state index contributed by atoms with van der Waals surface area (Å²) in [7, 11) is 0. The van der Waals surface area contributed by atoms with Crippen LogP contribution in [0.2, 0.25) is 0 Å². The van der Waals surface area contributed by atoms with E-state index in [0.717, 1.165) is 67.2 Å². The molecular weight excluding hydrogens is 440 g/mol. The van der Waals surface area contributed by atoms with Crippen LogP contribution in [0.25, 0.3) is 5.65 Å². The number of hydrogen-bond acceptors (Lipinski definition) is 7. The fraction of sp³-hybridized carbons (Fsp3) is 0.519. The summed E-state index contributed by atoms with van der Waals surface area (Å²) < 4.78 is 7.44. The van der Waals surface area contributed by atoms with E-state index in [-0.39, 0.29) is 17.2 Å². The number of nitrogens with zero attached hydrogens (tertiary/aromatic N) is 3. The molecule has 3 aliphatic rings. The zero-order valence-corrected chi connectivity index (χ0v) is 20.5. The third kappa shape index (κ3) is 3.66. The monoisotopic (exact) mass is 474 g/mol. The molecule has 8 heteroatoms. The van der Waals surface area contributed by atoms with E-state index in [9.17, 15) is 4.79 Å². The third-order valence-corrected chi connectivity index (χ3v) is 8.11. The lowest BCUT2D eigenvalue weighted by atomic mass is 9.75. The number of ether oxygens (including phenoxy) is 1. The number of ketones is 1. The molecule has 2 unspecified atom stereocenters. The molecule has 0 bridgehead atoms. The predicted octanol–water partition coefficient (Wildman–Crippen LogP) is 5.02. The number of carbonyl (C=O) groups is 1. The molecule has 3 aromatic rings. The number of Topliss-reactive ketones (excluding diaryl/α,β-unsaturated/α-hetero) is 1. The number of unbranched alkanes of at least 4 members (excludes halogenated alkanes) is 1. The number of fused-ring (bicyclic) bond motifs is 3. The van der Waals surface area contributed by atoms with Gasteiger partial charge < -0.3 is 21.1 Å². The van der Waals surface area contributed by atoms with E-state index >= 15 is 0 Å². The summed E-state index contributed by atoms with van der Waals surface area (Å²) in [6.45, 7) is 4.71. The summed E-state index contributed by atoms with van der Waals surface area (Å²) in [5.41, 5.74) is 9.92. The van der Waals surface area contributed by atoms with Crippen molar-refractivity contribution in [2.24, 2.45) is 11.1 Å².